The molecule has 1 saturated carbocycles. The van der Waals surface area contributed by atoms with Crippen LogP contribution in [0.3, 0.4) is 0 Å². The quantitative estimate of drug-likeness (QED) is 0.0636. The maximum Gasteiger partial charge on any atom is 0.334 e. The van der Waals surface area contributed by atoms with Crippen molar-refractivity contribution in [2.45, 2.75) is 189 Å². The molecule has 8 rings (SSSR count). The first-order valence-electron chi connectivity index (χ1n) is 27.0. The first kappa shape index (κ1) is 50.7. The number of rotatable bonds is 16. The molecular formula is C63H80N4O3. The Morgan fingerprint density at radius 2 is 0.986 bits per heavy atom. The van der Waals surface area contributed by atoms with Gasteiger partial charge in [-0.25, -0.2) is 4.79 Å². The second kappa shape index (κ2) is 21.0. The minimum atomic E-state index is -0.482. The monoisotopic (exact) mass is 941 g/mol. The number of benzene rings is 4. The number of barbiturate groups is 1. The van der Waals surface area contributed by atoms with Crippen LogP contribution in [0.25, 0.3) is 21.5 Å². The van der Waals surface area contributed by atoms with Crippen LogP contribution < -0.4 is 9.80 Å². The van der Waals surface area contributed by atoms with E-state index in [4.69, 9.17) is 0 Å². The third kappa shape index (κ3) is 9.00. The van der Waals surface area contributed by atoms with Crippen molar-refractivity contribution in [3.05, 3.63) is 142 Å². The molecule has 4 aliphatic rings. The van der Waals surface area contributed by atoms with Gasteiger partial charge in [0.1, 0.15) is 5.57 Å². The van der Waals surface area contributed by atoms with Crippen LogP contribution in [0.15, 0.2) is 131 Å². The summed E-state index contributed by atoms with van der Waals surface area (Å²) in [6.45, 7) is 25.1. The number of imide groups is 2. The topological polar surface area (TPSA) is 64.2 Å². The highest BCUT2D eigenvalue weighted by Gasteiger charge is 2.48. The van der Waals surface area contributed by atoms with Crippen LogP contribution >= 0.6 is 0 Å². The smallest absolute Gasteiger partial charge is 0.334 e. The third-order valence-corrected chi connectivity index (χ3v) is 16.1. The second-order valence-corrected chi connectivity index (χ2v) is 21.8. The Balaban J connectivity index is 1.37. The zero-order valence-corrected chi connectivity index (χ0v) is 44.4. The molecule has 0 aromatic heterocycles. The minimum Gasteiger partial charge on any atom is -0.341 e. The fourth-order valence-corrected chi connectivity index (χ4v) is 12.5. The van der Waals surface area contributed by atoms with Gasteiger partial charge >= 0.3 is 6.03 Å². The number of urea groups is 1. The highest BCUT2D eigenvalue weighted by molar-refractivity contribution is 6.30. The van der Waals surface area contributed by atoms with Crippen molar-refractivity contribution in [1.82, 2.24) is 9.80 Å². The Bertz CT molecular complexity index is 2670. The lowest BCUT2D eigenvalue weighted by Crippen LogP contribution is -2.59. The number of hydrogen-bond acceptors (Lipinski definition) is 5. The summed E-state index contributed by atoms with van der Waals surface area (Å²) in [5.74, 6) is -0.928. The summed E-state index contributed by atoms with van der Waals surface area (Å²) in [4.78, 5) is 53.1. The molecule has 1 saturated heterocycles. The van der Waals surface area contributed by atoms with Gasteiger partial charge in [-0.1, -0.05) is 167 Å². The minimum absolute atomic E-state index is 0.138. The molecular weight excluding hydrogens is 861 g/mol. The summed E-state index contributed by atoms with van der Waals surface area (Å²) in [5.41, 5.74) is 9.68. The van der Waals surface area contributed by atoms with Gasteiger partial charge in [-0.2, -0.15) is 0 Å². The Morgan fingerprint density at radius 1 is 0.514 bits per heavy atom. The number of allylic oxidation sites excluding steroid dienone is 9. The van der Waals surface area contributed by atoms with Crippen molar-refractivity contribution >= 4 is 50.8 Å². The second-order valence-electron chi connectivity index (χ2n) is 21.8. The standard InChI is InChI=1S/C63H80N4O3/c1-12-16-18-26-44(7)67-60(69)56(59(68)64(61(67)70)41-17-13-2)55-47(35-39-53-62(8,9)57-49-31-21-19-27-45(49)33-37-51(57)65(53)42(5)24-14-3)29-23-30-48(55)36-40-54-63(10,11)58-50-32-22-20-28-46(50)34-38-52(58)66(54)43(6)25-15-4/h19-22,27-28,31-40,42-44H,12-18,23-26,29-30,41H2,1-11H3/b47-35+,48-36+,53-39+,54-40+,56-55?. The van der Waals surface area contributed by atoms with E-state index in [2.05, 4.69) is 176 Å². The fraction of sp³-hybridized carbons (Fsp3) is 0.476. The van der Waals surface area contributed by atoms with E-state index in [9.17, 15) is 4.79 Å². The first-order chi connectivity index (χ1) is 33.6. The molecule has 4 aromatic rings. The predicted molar refractivity (Wildman–Crippen MR) is 293 cm³/mol. The van der Waals surface area contributed by atoms with Crippen LogP contribution in [0.4, 0.5) is 16.2 Å². The average molecular weight is 941 g/mol. The maximum atomic E-state index is 15.4. The molecule has 4 amide bonds. The number of unbranched alkanes of at least 4 members (excludes halogenated alkanes) is 3. The average Bonchev–Trinajstić information content (AvgIpc) is 3.72. The molecule has 3 aliphatic heterocycles. The molecule has 3 heterocycles. The van der Waals surface area contributed by atoms with E-state index < -0.39 is 17.8 Å². The molecule has 3 atom stereocenters. The largest absolute Gasteiger partial charge is 0.341 e. The van der Waals surface area contributed by atoms with E-state index in [1.165, 1.54) is 65.2 Å². The lowest BCUT2D eigenvalue weighted by molar-refractivity contribution is -0.137. The lowest BCUT2D eigenvalue weighted by Gasteiger charge is -2.39. The SMILES string of the molecule is CCCCCC(C)N1C(=O)C(=C2/C(=C/C=C3/N(C(C)CCC)c4ccc5ccccc5c4C3(C)C)CCC/C2=C\C=C2\N(C(C)CCC)c3ccc4ccccc4c3C2(C)C)C(=O)N(CCCC)C1=O. The summed E-state index contributed by atoms with van der Waals surface area (Å²) in [6.07, 6.45) is 20.7. The molecule has 1 aliphatic carbocycles. The van der Waals surface area contributed by atoms with E-state index in [1.54, 1.807) is 0 Å². The van der Waals surface area contributed by atoms with Crippen LogP contribution in [0, 0.1) is 0 Å². The molecule has 0 spiro atoms. The Kier molecular flexibility index (Phi) is 15.2. The fourth-order valence-electron chi connectivity index (χ4n) is 12.5. The van der Waals surface area contributed by atoms with Gasteiger partial charge in [0.2, 0.25) is 0 Å². The van der Waals surface area contributed by atoms with E-state index >= 15 is 9.59 Å². The zero-order chi connectivity index (χ0) is 50.1. The number of fused-ring (bicyclic) bond motifs is 6. The number of anilines is 2. The van der Waals surface area contributed by atoms with Gasteiger partial charge in [0.25, 0.3) is 11.8 Å². The summed E-state index contributed by atoms with van der Waals surface area (Å²) < 4.78 is 0. The normalized spacial score (nSPS) is 21.6. The third-order valence-electron chi connectivity index (χ3n) is 16.1. The first-order valence-corrected chi connectivity index (χ1v) is 27.0. The van der Waals surface area contributed by atoms with Crippen molar-refractivity contribution in [3.8, 4) is 0 Å². The Hall–Kier alpha value is -5.69. The van der Waals surface area contributed by atoms with Crippen LogP contribution in [0.1, 0.15) is 171 Å². The maximum absolute atomic E-state index is 15.4. The van der Waals surface area contributed by atoms with E-state index in [0.717, 1.165) is 68.9 Å². The van der Waals surface area contributed by atoms with Crippen molar-refractivity contribution < 1.29 is 14.4 Å². The summed E-state index contributed by atoms with van der Waals surface area (Å²) in [5, 5.41) is 5.00. The number of nitrogens with zero attached hydrogens (tertiary/aromatic N) is 4. The van der Waals surface area contributed by atoms with Crippen molar-refractivity contribution in [1.29, 1.82) is 0 Å². The van der Waals surface area contributed by atoms with E-state index in [-0.39, 0.29) is 41.1 Å². The molecule has 2 fully saturated rings. The van der Waals surface area contributed by atoms with Crippen molar-refractivity contribution in [2.24, 2.45) is 0 Å². The van der Waals surface area contributed by atoms with Gasteiger partial charge in [0, 0.05) is 58.3 Å². The Labute approximate surface area is 420 Å². The van der Waals surface area contributed by atoms with Crippen LogP contribution in [-0.2, 0) is 20.4 Å². The highest BCUT2D eigenvalue weighted by atomic mass is 16.2. The van der Waals surface area contributed by atoms with Gasteiger partial charge in [-0.3, -0.25) is 19.4 Å². The molecule has 370 valence electrons. The van der Waals surface area contributed by atoms with Crippen LogP contribution in [0.2, 0.25) is 0 Å². The lowest BCUT2D eigenvalue weighted by atomic mass is 9.78. The molecule has 7 heteroatoms. The van der Waals surface area contributed by atoms with Gasteiger partial charge < -0.3 is 9.80 Å². The molecule has 3 unspecified atom stereocenters. The molecule has 0 radical (unpaired) electrons. The predicted octanol–water partition coefficient (Wildman–Crippen LogP) is 15.9. The van der Waals surface area contributed by atoms with E-state index in [0.29, 0.717) is 31.3 Å². The molecule has 0 bridgehead atoms. The van der Waals surface area contributed by atoms with Gasteiger partial charge in [-0.15, -0.1) is 0 Å². The number of carbonyl (C=O) groups excluding carboxylic acids is 3. The number of carbonyl (C=O) groups is 3. The van der Waals surface area contributed by atoms with Crippen LogP contribution in [0.5, 0.6) is 0 Å². The molecule has 0 N–H and O–H groups in total. The number of amides is 4. The van der Waals surface area contributed by atoms with Crippen LogP contribution in [-0.4, -0.2) is 52.3 Å². The zero-order valence-electron chi connectivity index (χ0n) is 44.4. The van der Waals surface area contributed by atoms with Crippen molar-refractivity contribution in [3.63, 3.8) is 0 Å². The number of hydrogen-bond donors (Lipinski definition) is 0. The summed E-state index contributed by atoms with van der Waals surface area (Å²) in [7, 11) is 0. The van der Waals surface area contributed by atoms with E-state index in [1.807, 2.05) is 6.92 Å². The van der Waals surface area contributed by atoms with Gasteiger partial charge in [0.05, 0.1) is 0 Å². The van der Waals surface area contributed by atoms with Gasteiger partial charge in [0.15, 0.2) is 0 Å². The molecule has 4 aromatic carbocycles. The molecule has 7 nitrogen and oxygen atoms in total. The Morgan fingerprint density at radius 3 is 1.46 bits per heavy atom. The van der Waals surface area contributed by atoms with Crippen molar-refractivity contribution in [2.75, 3.05) is 16.3 Å². The van der Waals surface area contributed by atoms with Gasteiger partial charge in [-0.05, 0) is 139 Å². The molecule has 70 heavy (non-hydrogen) atoms. The summed E-state index contributed by atoms with van der Waals surface area (Å²) in [6, 6.07) is 26.2. The highest BCUT2D eigenvalue weighted by Crippen LogP contribution is 2.54. The summed E-state index contributed by atoms with van der Waals surface area (Å²) >= 11 is 0.